The standard InChI is InChI=1S/C14H21N5/c15-14(16)11-4-5-17-13(9-11)19-8-7-18-6-2-1-3-12(18)10-19/h4-5,9,12H,1-3,6-8,10H2,(H3,15,16). The van der Waals surface area contributed by atoms with E-state index in [1.54, 1.807) is 12.3 Å². The minimum Gasteiger partial charge on any atom is -0.384 e. The number of piperazine rings is 1. The third-order valence-corrected chi connectivity index (χ3v) is 4.22. The lowest BCUT2D eigenvalue weighted by molar-refractivity contribution is 0.133. The van der Waals surface area contributed by atoms with Crippen LogP contribution in [-0.4, -0.2) is 47.9 Å². The molecule has 0 aromatic carbocycles. The van der Waals surface area contributed by atoms with Crippen LogP contribution in [0.2, 0.25) is 0 Å². The van der Waals surface area contributed by atoms with Gasteiger partial charge in [-0.2, -0.15) is 0 Å². The van der Waals surface area contributed by atoms with Crippen LogP contribution in [0.15, 0.2) is 18.3 Å². The second-order valence-corrected chi connectivity index (χ2v) is 5.45. The van der Waals surface area contributed by atoms with Gasteiger partial charge in [0.05, 0.1) is 0 Å². The first-order valence-electron chi connectivity index (χ1n) is 7.03. The number of anilines is 1. The predicted octanol–water partition coefficient (Wildman–Crippen LogP) is 1.04. The normalized spacial score (nSPS) is 24.0. The lowest BCUT2D eigenvalue weighted by atomic mass is 9.99. The SMILES string of the molecule is N=C(N)c1ccnc(N2CCN3CCCCC3C2)c1. The number of nitrogens with one attached hydrogen (secondary N) is 1. The molecule has 19 heavy (non-hydrogen) atoms. The third kappa shape index (κ3) is 2.56. The molecule has 0 amide bonds. The number of nitrogens with zero attached hydrogens (tertiary/aromatic N) is 3. The molecule has 3 N–H and O–H groups in total. The van der Waals surface area contributed by atoms with Gasteiger partial charge in [0.1, 0.15) is 11.7 Å². The van der Waals surface area contributed by atoms with Crippen molar-refractivity contribution in [2.45, 2.75) is 25.3 Å². The first-order valence-corrected chi connectivity index (χ1v) is 7.03. The highest BCUT2D eigenvalue weighted by molar-refractivity contribution is 5.95. The van der Waals surface area contributed by atoms with Crippen LogP contribution in [-0.2, 0) is 0 Å². The van der Waals surface area contributed by atoms with Gasteiger partial charge in [-0.15, -0.1) is 0 Å². The summed E-state index contributed by atoms with van der Waals surface area (Å²) in [6.07, 6.45) is 5.73. The first-order chi connectivity index (χ1) is 9.24. The van der Waals surface area contributed by atoms with Crippen molar-refractivity contribution in [3.8, 4) is 0 Å². The van der Waals surface area contributed by atoms with E-state index in [1.807, 2.05) is 6.07 Å². The number of amidine groups is 1. The second kappa shape index (κ2) is 5.17. The Morgan fingerprint density at radius 2 is 2.21 bits per heavy atom. The van der Waals surface area contributed by atoms with Gasteiger partial charge in [-0.1, -0.05) is 6.42 Å². The van der Waals surface area contributed by atoms with E-state index in [4.69, 9.17) is 11.1 Å². The van der Waals surface area contributed by atoms with Gasteiger partial charge >= 0.3 is 0 Å². The number of nitrogens with two attached hydrogens (primary N) is 1. The summed E-state index contributed by atoms with van der Waals surface area (Å²) in [5.41, 5.74) is 6.31. The molecule has 5 heteroatoms. The number of aromatic nitrogens is 1. The summed E-state index contributed by atoms with van der Waals surface area (Å²) in [7, 11) is 0. The van der Waals surface area contributed by atoms with E-state index in [0.717, 1.165) is 31.0 Å². The molecule has 0 spiro atoms. The molecule has 2 aliphatic heterocycles. The van der Waals surface area contributed by atoms with E-state index in [9.17, 15) is 0 Å². The van der Waals surface area contributed by atoms with Crippen LogP contribution in [0.3, 0.4) is 0 Å². The van der Waals surface area contributed by atoms with E-state index in [0.29, 0.717) is 6.04 Å². The van der Waals surface area contributed by atoms with Gasteiger partial charge in [0.2, 0.25) is 0 Å². The molecule has 2 fully saturated rings. The van der Waals surface area contributed by atoms with Crippen molar-refractivity contribution in [1.82, 2.24) is 9.88 Å². The van der Waals surface area contributed by atoms with Crippen LogP contribution in [0.25, 0.3) is 0 Å². The lowest BCUT2D eigenvalue weighted by Gasteiger charge is -2.44. The quantitative estimate of drug-likeness (QED) is 0.615. The summed E-state index contributed by atoms with van der Waals surface area (Å²) in [6, 6.07) is 4.40. The van der Waals surface area contributed by atoms with Gasteiger partial charge in [-0.3, -0.25) is 10.3 Å². The molecule has 0 saturated carbocycles. The minimum atomic E-state index is 0.111. The van der Waals surface area contributed by atoms with Gasteiger partial charge in [-0.05, 0) is 31.5 Å². The molecule has 1 aromatic heterocycles. The van der Waals surface area contributed by atoms with E-state index in [-0.39, 0.29) is 5.84 Å². The molecular formula is C14H21N5. The zero-order valence-electron chi connectivity index (χ0n) is 11.2. The zero-order valence-corrected chi connectivity index (χ0v) is 11.2. The Bertz CT molecular complexity index is 473. The fourth-order valence-corrected chi connectivity index (χ4v) is 3.12. The van der Waals surface area contributed by atoms with Crippen molar-refractivity contribution >= 4 is 11.7 Å². The van der Waals surface area contributed by atoms with Crippen LogP contribution in [0.1, 0.15) is 24.8 Å². The molecule has 3 rings (SSSR count). The van der Waals surface area contributed by atoms with Gasteiger partial charge in [0, 0.05) is 37.4 Å². The predicted molar refractivity (Wildman–Crippen MR) is 76.7 cm³/mol. The van der Waals surface area contributed by atoms with Crippen molar-refractivity contribution in [3.63, 3.8) is 0 Å². The van der Waals surface area contributed by atoms with Crippen molar-refractivity contribution in [1.29, 1.82) is 5.41 Å². The van der Waals surface area contributed by atoms with Crippen LogP contribution >= 0.6 is 0 Å². The average molecular weight is 259 g/mol. The van der Waals surface area contributed by atoms with E-state index in [1.165, 1.54) is 25.8 Å². The molecular weight excluding hydrogens is 238 g/mol. The number of pyridine rings is 1. The zero-order chi connectivity index (χ0) is 13.2. The Morgan fingerprint density at radius 3 is 3.05 bits per heavy atom. The summed E-state index contributed by atoms with van der Waals surface area (Å²) >= 11 is 0. The summed E-state index contributed by atoms with van der Waals surface area (Å²) in [5.74, 6) is 1.07. The maximum Gasteiger partial charge on any atom is 0.129 e. The Kier molecular flexibility index (Phi) is 3.38. The molecule has 1 aromatic rings. The Balaban J connectivity index is 1.75. The highest BCUT2D eigenvalue weighted by atomic mass is 15.3. The number of hydrogen-bond acceptors (Lipinski definition) is 4. The average Bonchev–Trinajstić information content (AvgIpc) is 2.47. The fraction of sp³-hybridized carbons (Fsp3) is 0.571. The molecule has 5 nitrogen and oxygen atoms in total. The van der Waals surface area contributed by atoms with Crippen molar-refractivity contribution in [3.05, 3.63) is 23.9 Å². The number of piperidine rings is 1. The minimum absolute atomic E-state index is 0.111. The highest BCUT2D eigenvalue weighted by Crippen LogP contribution is 2.24. The highest BCUT2D eigenvalue weighted by Gasteiger charge is 2.29. The van der Waals surface area contributed by atoms with Crippen molar-refractivity contribution in [2.24, 2.45) is 5.73 Å². The van der Waals surface area contributed by atoms with Crippen molar-refractivity contribution in [2.75, 3.05) is 31.1 Å². The largest absolute Gasteiger partial charge is 0.384 e. The summed E-state index contributed by atoms with van der Waals surface area (Å²) in [5, 5.41) is 7.52. The molecule has 3 heterocycles. The summed E-state index contributed by atoms with van der Waals surface area (Å²) in [4.78, 5) is 9.38. The molecule has 0 radical (unpaired) electrons. The van der Waals surface area contributed by atoms with E-state index < -0.39 is 0 Å². The Hall–Kier alpha value is -1.62. The number of nitrogen functional groups attached to an aromatic ring is 1. The molecule has 0 aliphatic carbocycles. The molecule has 2 aliphatic rings. The maximum atomic E-state index is 7.52. The monoisotopic (exact) mass is 259 g/mol. The van der Waals surface area contributed by atoms with Crippen LogP contribution in [0.5, 0.6) is 0 Å². The molecule has 1 atom stereocenters. The lowest BCUT2D eigenvalue weighted by Crippen LogP contribution is -2.55. The number of hydrogen-bond donors (Lipinski definition) is 2. The van der Waals surface area contributed by atoms with E-state index >= 15 is 0 Å². The molecule has 2 saturated heterocycles. The van der Waals surface area contributed by atoms with Crippen molar-refractivity contribution < 1.29 is 0 Å². The summed E-state index contributed by atoms with van der Waals surface area (Å²) < 4.78 is 0. The Labute approximate surface area is 113 Å². The smallest absolute Gasteiger partial charge is 0.129 e. The summed E-state index contributed by atoms with van der Waals surface area (Å²) in [6.45, 7) is 4.44. The second-order valence-electron chi connectivity index (χ2n) is 5.45. The van der Waals surface area contributed by atoms with E-state index in [2.05, 4.69) is 14.8 Å². The topological polar surface area (TPSA) is 69.2 Å². The van der Waals surface area contributed by atoms with Crippen LogP contribution < -0.4 is 10.6 Å². The van der Waals surface area contributed by atoms with Gasteiger partial charge in [0.25, 0.3) is 0 Å². The van der Waals surface area contributed by atoms with Crippen LogP contribution in [0, 0.1) is 5.41 Å². The number of rotatable bonds is 2. The third-order valence-electron chi connectivity index (χ3n) is 4.22. The maximum absolute atomic E-state index is 7.52. The Morgan fingerprint density at radius 1 is 1.32 bits per heavy atom. The fourth-order valence-electron chi connectivity index (χ4n) is 3.12. The van der Waals surface area contributed by atoms with Gasteiger partial charge in [0.15, 0.2) is 0 Å². The molecule has 102 valence electrons. The molecule has 1 unspecified atom stereocenters. The molecule has 0 bridgehead atoms. The van der Waals surface area contributed by atoms with Gasteiger partial charge < -0.3 is 10.6 Å². The van der Waals surface area contributed by atoms with Gasteiger partial charge in [-0.25, -0.2) is 4.98 Å². The first kappa shape index (κ1) is 12.4. The van der Waals surface area contributed by atoms with Crippen LogP contribution in [0.4, 0.5) is 5.82 Å². The number of fused-ring (bicyclic) bond motifs is 1.